The summed E-state index contributed by atoms with van der Waals surface area (Å²) in [6, 6.07) is 3.81. The van der Waals surface area contributed by atoms with Crippen LogP contribution in [0.1, 0.15) is 6.42 Å². The van der Waals surface area contributed by atoms with Crippen LogP contribution >= 0.6 is 11.8 Å². The van der Waals surface area contributed by atoms with Crippen LogP contribution in [0, 0.1) is 0 Å². The lowest BCUT2D eigenvalue weighted by molar-refractivity contribution is -0.116. The lowest BCUT2D eigenvalue weighted by atomic mass is 10.2. The molecular formula is C12H17N3O2S. The van der Waals surface area contributed by atoms with Crippen LogP contribution in [-0.2, 0) is 4.79 Å². The van der Waals surface area contributed by atoms with E-state index in [9.17, 15) is 4.79 Å². The maximum absolute atomic E-state index is 11.9. The first-order chi connectivity index (χ1) is 8.79. The topological polar surface area (TPSA) is 63.2 Å². The van der Waals surface area contributed by atoms with Crippen molar-refractivity contribution in [2.24, 2.45) is 0 Å². The normalized spacial score (nSPS) is 19.3. The summed E-state index contributed by atoms with van der Waals surface area (Å²) in [4.78, 5) is 15.9. The molecule has 1 unspecified atom stereocenters. The van der Waals surface area contributed by atoms with Crippen LogP contribution in [0.4, 0.5) is 5.69 Å². The number of nitrogens with one attached hydrogen (secondary N) is 2. The van der Waals surface area contributed by atoms with E-state index in [1.807, 2.05) is 11.8 Å². The van der Waals surface area contributed by atoms with E-state index in [0.29, 0.717) is 18.0 Å². The number of ether oxygens (including phenoxy) is 1. The Bertz CT molecular complexity index is 408. The van der Waals surface area contributed by atoms with Gasteiger partial charge in [-0.05, 0) is 12.1 Å². The third-order valence-corrected chi connectivity index (χ3v) is 3.80. The number of anilines is 1. The van der Waals surface area contributed by atoms with E-state index in [0.717, 1.165) is 18.1 Å². The summed E-state index contributed by atoms with van der Waals surface area (Å²) < 4.78 is 5.09. The molecule has 6 heteroatoms. The second kappa shape index (κ2) is 6.61. The monoisotopic (exact) mass is 267 g/mol. The molecule has 2 heterocycles. The first-order valence-corrected chi connectivity index (χ1v) is 7.05. The lowest BCUT2D eigenvalue weighted by Crippen LogP contribution is -2.39. The second-order valence-corrected chi connectivity index (χ2v) is 5.19. The Morgan fingerprint density at radius 3 is 3.33 bits per heavy atom. The van der Waals surface area contributed by atoms with Crippen molar-refractivity contribution < 1.29 is 9.53 Å². The Hall–Kier alpha value is -1.27. The number of nitrogens with zero attached hydrogens (tertiary/aromatic N) is 1. The van der Waals surface area contributed by atoms with Crippen LogP contribution < -0.4 is 15.4 Å². The quantitative estimate of drug-likeness (QED) is 0.856. The lowest BCUT2D eigenvalue weighted by Gasteiger charge is -2.22. The van der Waals surface area contributed by atoms with Gasteiger partial charge in [0.15, 0.2) is 0 Å². The number of aromatic nitrogens is 1. The van der Waals surface area contributed by atoms with Gasteiger partial charge >= 0.3 is 0 Å². The summed E-state index contributed by atoms with van der Waals surface area (Å²) in [6.07, 6.45) is 2.11. The summed E-state index contributed by atoms with van der Waals surface area (Å²) in [5.41, 5.74) is 0.619. The van der Waals surface area contributed by atoms with E-state index >= 15 is 0 Å². The molecule has 1 aromatic heterocycles. The van der Waals surface area contributed by atoms with Crippen molar-refractivity contribution in [3.8, 4) is 5.88 Å². The molecule has 0 bridgehead atoms. The van der Waals surface area contributed by atoms with Gasteiger partial charge in [-0.2, -0.15) is 11.8 Å². The Morgan fingerprint density at radius 2 is 2.61 bits per heavy atom. The number of methoxy groups -OCH3 is 1. The molecule has 1 aromatic rings. The van der Waals surface area contributed by atoms with Gasteiger partial charge in [-0.3, -0.25) is 4.79 Å². The predicted octanol–water partition coefficient (Wildman–Crippen LogP) is 1.12. The minimum Gasteiger partial charge on any atom is -0.480 e. The summed E-state index contributed by atoms with van der Waals surface area (Å²) >= 11 is 1.88. The Labute approximate surface area is 111 Å². The molecule has 98 valence electrons. The van der Waals surface area contributed by atoms with Gasteiger partial charge in [-0.25, -0.2) is 4.98 Å². The zero-order valence-electron chi connectivity index (χ0n) is 10.3. The SMILES string of the molecule is COc1ncccc1NC(=O)CC1CSCCN1. The number of amides is 1. The molecule has 0 aliphatic carbocycles. The second-order valence-electron chi connectivity index (χ2n) is 4.04. The van der Waals surface area contributed by atoms with Gasteiger partial charge in [-0.1, -0.05) is 0 Å². The first kappa shape index (κ1) is 13.2. The van der Waals surface area contributed by atoms with Crippen LogP contribution in [0.5, 0.6) is 5.88 Å². The predicted molar refractivity (Wildman–Crippen MR) is 73.2 cm³/mol. The number of hydrogen-bond donors (Lipinski definition) is 2. The van der Waals surface area contributed by atoms with Gasteiger partial charge in [0, 0.05) is 36.7 Å². The number of rotatable bonds is 4. The fraction of sp³-hybridized carbons (Fsp3) is 0.500. The van der Waals surface area contributed by atoms with E-state index in [-0.39, 0.29) is 11.9 Å². The average Bonchev–Trinajstić information content (AvgIpc) is 2.40. The number of carbonyl (C=O) groups is 1. The largest absolute Gasteiger partial charge is 0.480 e. The Kier molecular flexibility index (Phi) is 4.83. The Morgan fingerprint density at radius 1 is 1.72 bits per heavy atom. The number of pyridine rings is 1. The third-order valence-electron chi connectivity index (χ3n) is 2.67. The van der Waals surface area contributed by atoms with Gasteiger partial charge < -0.3 is 15.4 Å². The molecule has 1 amide bonds. The highest BCUT2D eigenvalue weighted by Gasteiger charge is 2.17. The molecule has 18 heavy (non-hydrogen) atoms. The third kappa shape index (κ3) is 3.61. The minimum atomic E-state index is -0.0127. The zero-order valence-corrected chi connectivity index (χ0v) is 11.1. The number of hydrogen-bond acceptors (Lipinski definition) is 5. The highest BCUT2D eigenvalue weighted by Crippen LogP contribution is 2.20. The van der Waals surface area contributed by atoms with Crippen molar-refractivity contribution >= 4 is 23.4 Å². The smallest absolute Gasteiger partial charge is 0.237 e. The standard InChI is InChI=1S/C12H17N3O2S/c1-17-12-10(3-2-4-14-12)15-11(16)7-9-8-18-6-5-13-9/h2-4,9,13H,5-8H2,1H3,(H,15,16). The molecule has 2 N–H and O–H groups in total. The van der Waals surface area contributed by atoms with Gasteiger partial charge in [0.1, 0.15) is 5.69 Å². The first-order valence-electron chi connectivity index (χ1n) is 5.89. The van der Waals surface area contributed by atoms with Gasteiger partial charge in [0.05, 0.1) is 7.11 Å². The maximum atomic E-state index is 11.9. The van der Waals surface area contributed by atoms with E-state index in [2.05, 4.69) is 15.6 Å². The van der Waals surface area contributed by atoms with E-state index < -0.39 is 0 Å². The molecule has 2 rings (SSSR count). The fourth-order valence-corrected chi connectivity index (χ4v) is 2.77. The molecule has 1 fully saturated rings. The van der Waals surface area contributed by atoms with E-state index in [4.69, 9.17) is 4.74 Å². The average molecular weight is 267 g/mol. The highest BCUT2D eigenvalue weighted by atomic mass is 32.2. The van der Waals surface area contributed by atoms with Crippen molar-refractivity contribution in [2.45, 2.75) is 12.5 Å². The molecule has 1 atom stereocenters. The summed E-state index contributed by atoms with van der Waals surface area (Å²) in [6.45, 7) is 0.971. The fourth-order valence-electron chi connectivity index (χ4n) is 1.82. The van der Waals surface area contributed by atoms with Crippen molar-refractivity contribution in [2.75, 3.05) is 30.5 Å². The van der Waals surface area contributed by atoms with Crippen LogP contribution in [0.2, 0.25) is 0 Å². The highest BCUT2D eigenvalue weighted by molar-refractivity contribution is 7.99. The van der Waals surface area contributed by atoms with E-state index in [1.54, 1.807) is 18.3 Å². The van der Waals surface area contributed by atoms with Crippen LogP contribution in [-0.4, -0.2) is 42.1 Å². The van der Waals surface area contributed by atoms with Crippen molar-refractivity contribution in [1.82, 2.24) is 10.3 Å². The molecule has 0 aromatic carbocycles. The van der Waals surface area contributed by atoms with Crippen molar-refractivity contribution in [3.63, 3.8) is 0 Å². The van der Waals surface area contributed by atoms with Crippen molar-refractivity contribution in [3.05, 3.63) is 18.3 Å². The molecule has 1 saturated heterocycles. The molecule has 0 radical (unpaired) electrons. The number of thioether (sulfide) groups is 1. The van der Waals surface area contributed by atoms with Crippen LogP contribution in [0.3, 0.4) is 0 Å². The molecule has 0 saturated carbocycles. The van der Waals surface area contributed by atoms with Gasteiger partial charge in [0.25, 0.3) is 0 Å². The molecule has 0 spiro atoms. The number of carbonyl (C=O) groups excluding carboxylic acids is 1. The zero-order chi connectivity index (χ0) is 12.8. The Balaban J connectivity index is 1.90. The van der Waals surface area contributed by atoms with Crippen LogP contribution in [0.15, 0.2) is 18.3 Å². The molecule has 1 aliphatic heterocycles. The van der Waals surface area contributed by atoms with Gasteiger partial charge in [0.2, 0.25) is 11.8 Å². The molecular weight excluding hydrogens is 250 g/mol. The molecule has 1 aliphatic rings. The maximum Gasteiger partial charge on any atom is 0.237 e. The van der Waals surface area contributed by atoms with Crippen LogP contribution in [0.25, 0.3) is 0 Å². The molecule has 5 nitrogen and oxygen atoms in total. The minimum absolute atomic E-state index is 0.0127. The van der Waals surface area contributed by atoms with Crippen molar-refractivity contribution in [1.29, 1.82) is 0 Å². The van der Waals surface area contributed by atoms with E-state index in [1.165, 1.54) is 7.11 Å². The summed E-state index contributed by atoms with van der Waals surface area (Å²) in [5, 5.41) is 6.17. The summed E-state index contributed by atoms with van der Waals surface area (Å²) in [7, 11) is 1.54. The summed E-state index contributed by atoms with van der Waals surface area (Å²) in [5.74, 6) is 2.53. The van der Waals surface area contributed by atoms with Gasteiger partial charge in [-0.15, -0.1) is 0 Å².